The molecule has 1 fully saturated rings. The minimum atomic E-state index is 0.266. The highest BCUT2D eigenvalue weighted by molar-refractivity contribution is 14.1. The Morgan fingerprint density at radius 2 is 1.63 bits per heavy atom. The normalized spacial score (nSPS) is 19.1. The Morgan fingerprint density at radius 1 is 0.926 bits per heavy atom. The van der Waals surface area contributed by atoms with Crippen molar-refractivity contribution in [2.24, 2.45) is 0 Å². The lowest BCUT2D eigenvalue weighted by Gasteiger charge is -2.34. The monoisotopic (exact) mass is 492 g/mol. The summed E-state index contributed by atoms with van der Waals surface area (Å²) in [5.41, 5.74) is 4.12. The van der Waals surface area contributed by atoms with E-state index in [-0.39, 0.29) is 6.61 Å². The molecule has 0 atom stereocenters. The number of nitrogens with zero attached hydrogens (tertiary/aromatic N) is 2. The van der Waals surface area contributed by atoms with Crippen LogP contribution in [0.25, 0.3) is 5.57 Å². The van der Waals surface area contributed by atoms with Crippen LogP contribution in [0.1, 0.15) is 17.5 Å². The molecule has 0 spiro atoms. The summed E-state index contributed by atoms with van der Waals surface area (Å²) >= 11 is 4.28. The van der Waals surface area contributed by atoms with Crippen molar-refractivity contribution < 1.29 is 5.11 Å². The average Bonchev–Trinajstić information content (AvgIpc) is 2.69. The van der Waals surface area contributed by atoms with Gasteiger partial charge in [-0.3, -0.25) is 4.90 Å². The van der Waals surface area contributed by atoms with E-state index < -0.39 is 0 Å². The van der Waals surface area contributed by atoms with Crippen molar-refractivity contribution in [2.75, 3.05) is 45.9 Å². The van der Waals surface area contributed by atoms with Crippen LogP contribution < -0.4 is 0 Å². The van der Waals surface area contributed by atoms with Crippen LogP contribution in [0.15, 0.2) is 58.3 Å². The summed E-state index contributed by atoms with van der Waals surface area (Å²) in [5.74, 6) is 0. The van der Waals surface area contributed by atoms with Gasteiger partial charge in [-0.1, -0.05) is 42.1 Å². The number of fused-ring (bicyclic) bond motifs is 2. The summed E-state index contributed by atoms with van der Waals surface area (Å²) in [6.45, 7) is 6.51. The standard InChI is InChI=1S/C22H25IN2OS/c23-17-7-8-20-18(19-4-1-2-6-21(19)27-22(20)16-17)5-3-9-24-10-12-25(13-11-24)14-15-26/h1-2,4-8,16,26H,3,9-15H2/b18-5+. The molecule has 2 aliphatic heterocycles. The molecule has 0 unspecified atom stereocenters. The van der Waals surface area contributed by atoms with Gasteiger partial charge in [-0.15, -0.1) is 0 Å². The average molecular weight is 492 g/mol. The summed E-state index contributed by atoms with van der Waals surface area (Å²) in [7, 11) is 0. The first-order chi connectivity index (χ1) is 13.2. The van der Waals surface area contributed by atoms with E-state index in [1.165, 1.54) is 30.1 Å². The second kappa shape index (κ2) is 9.09. The van der Waals surface area contributed by atoms with Gasteiger partial charge in [-0.2, -0.15) is 0 Å². The van der Waals surface area contributed by atoms with Crippen LogP contribution >= 0.6 is 34.4 Å². The van der Waals surface area contributed by atoms with Gasteiger partial charge in [-0.05, 0) is 63.9 Å². The lowest BCUT2D eigenvalue weighted by atomic mass is 9.96. The molecule has 2 heterocycles. The molecule has 2 aromatic rings. The molecule has 0 bridgehead atoms. The quantitative estimate of drug-likeness (QED) is 0.541. The molecule has 0 aromatic heterocycles. The van der Waals surface area contributed by atoms with E-state index in [1.54, 1.807) is 0 Å². The Bertz CT molecular complexity index is 831. The Kier molecular flexibility index (Phi) is 6.55. The van der Waals surface area contributed by atoms with Gasteiger partial charge in [-0.25, -0.2) is 0 Å². The first-order valence-electron chi connectivity index (χ1n) is 9.57. The minimum absolute atomic E-state index is 0.266. The van der Waals surface area contributed by atoms with Crippen molar-refractivity contribution in [2.45, 2.75) is 16.2 Å². The van der Waals surface area contributed by atoms with Crippen molar-refractivity contribution >= 4 is 39.9 Å². The fourth-order valence-electron chi connectivity index (χ4n) is 3.83. The van der Waals surface area contributed by atoms with Crippen LogP contribution in [0, 0.1) is 3.57 Å². The predicted molar refractivity (Wildman–Crippen MR) is 121 cm³/mol. The summed E-state index contributed by atoms with van der Waals surface area (Å²) in [6.07, 6.45) is 3.50. The summed E-state index contributed by atoms with van der Waals surface area (Å²) in [6, 6.07) is 15.5. The van der Waals surface area contributed by atoms with Gasteiger partial charge < -0.3 is 10.0 Å². The van der Waals surface area contributed by atoms with Crippen molar-refractivity contribution in [3.05, 3.63) is 63.2 Å². The van der Waals surface area contributed by atoms with Gasteiger partial charge >= 0.3 is 0 Å². The third-order valence-corrected chi connectivity index (χ3v) is 7.11. The minimum Gasteiger partial charge on any atom is -0.395 e. The summed E-state index contributed by atoms with van der Waals surface area (Å²) < 4.78 is 1.29. The number of piperazine rings is 1. The maximum Gasteiger partial charge on any atom is 0.0558 e. The smallest absolute Gasteiger partial charge is 0.0558 e. The molecule has 4 rings (SSSR count). The molecule has 5 heteroatoms. The highest BCUT2D eigenvalue weighted by Gasteiger charge is 2.21. The molecule has 27 heavy (non-hydrogen) atoms. The highest BCUT2D eigenvalue weighted by atomic mass is 127. The van der Waals surface area contributed by atoms with Crippen molar-refractivity contribution in [3.63, 3.8) is 0 Å². The first kappa shape index (κ1) is 19.5. The van der Waals surface area contributed by atoms with Gasteiger partial charge in [0.15, 0.2) is 0 Å². The molecular weight excluding hydrogens is 467 g/mol. The van der Waals surface area contributed by atoms with Crippen LogP contribution in [0.5, 0.6) is 0 Å². The predicted octanol–water partition coefficient (Wildman–Crippen LogP) is 4.19. The second-order valence-corrected chi connectivity index (χ2v) is 9.38. The number of hydrogen-bond acceptors (Lipinski definition) is 4. The van der Waals surface area contributed by atoms with E-state index in [9.17, 15) is 0 Å². The van der Waals surface area contributed by atoms with E-state index >= 15 is 0 Å². The topological polar surface area (TPSA) is 26.7 Å². The molecule has 142 valence electrons. The first-order valence-corrected chi connectivity index (χ1v) is 11.5. The Morgan fingerprint density at radius 3 is 2.41 bits per heavy atom. The molecule has 1 saturated heterocycles. The Balaban J connectivity index is 1.48. The van der Waals surface area contributed by atoms with E-state index in [2.05, 4.69) is 80.9 Å². The number of benzene rings is 2. The molecule has 2 aromatic carbocycles. The number of β-amino-alcohol motifs (C(OH)–C–C–N with tert-alkyl or cyclic N) is 1. The van der Waals surface area contributed by atoms with Gasteiger partial charge in [0.05, 0.1) is 6.61 Å². The number of halogens is 1. The van der Waals surface area contributed by atoms with Crippen LogP contribution in [0.3, 0.4) is 0 Å². The maximum atomic E-state index is 9.08. The van der Waals surface area contributed by atoms with Crippen molar-refractivity contribution in [1.29, 1.82) is 0 Å². The van der Waals surface area contributed by atoms with Gasteiger partial charge in [0.25, 0.3) is 0 Å². The second-order valence-electron chi connectivity index (χ2n) is 7.05. The zero-order valence-electron chi connectivity index (χ0n) is 15.4. The third kappa shape index (κ3) is 4.59. The summed E-state index contributed by atoms with van der Waals surface area (Å²) in [4.78, 5) is 7.62. The highest BCUT2D eigenvalue weighted by Crippen LogP contribution is 2.45. The van der Waals surface area contributed by atoms with Gasteiger partial charge in [0.2, 0.25) is 0 Å². The molecule has 0 saturated carbocycles. The number of aliphatic hydroxyl groups is 1. The maximum absolute atomic E-state index is 9.08. The van der Waals surface area contributed by atoms with Crippen LogP contribution in [-0.2, 0) is 0 Å². The molecule has 2 aliphatic rings. The lowest BCUT2D eigenvalue weighted by molar-refractivity contribution is 0.114. The molecular formula is C22H25IN2OS. The van der Waals surface area contributed by atoms with Crippen molar-refractivity contribution in [3.8, 4) is 0 Å². The number of aliphatic hydroxyl groups excluding tert-OH is 1. The van der Waals surface area contributed by atoms with E-state index in [0.717, 1.165) is 45.7 Å². The van der Waals surface area contributed by atoms with Crippen LogP contribution in [0.2, 0.25) is 0 Å². The van der Waals surface area contributed by atoms with E-state index in [4.69, 9.17) is 5.11 Å². The fraction of sp³-hybridized carbons (Fsp3) is 0.364. The zero-order valence-corrected chi connectivity index (χ0v) is 18.4. The third-order valence-electron chi connectivity index (χ3n) is 5.31. The largest absolute Gasteiger partial charge is 0.395 e. The van der Waals surface area contributed by atoms with Crippen molar-refractivity contribution in [1.82, 2.24) is 9.80 Å². The van der Waals surface area contributed by atoms with E-state index in [0.29, 0.717) is 0 Å². The number of hydrogen-bond donors (Lipinski definition) is 1. The van der Waals surface area contributed by atoms with Crippen LogP contribution in [-0.4, -0.2) is 60.8 Å². The van der Waals surface area contributed by atoms with Gasteiger partial charge in [0, 0.05) is 52.6 Å². The molecule has 0 aliphatic carbocycles. The molecule has 0 radical (unpaired) electrons. The fourth-order valence-corrected chi connectivity index (χ4v) is 5.68. The molecule has 1 N–H and O–H groups in total. The number of rotatable bonds is 5. The molecule has 3 nitrogen and oxygen atoms in total. The molecule has 0 amide bonds. The Labute approximate surface area is 179 Å². The SMILES string of the molecule is OCCN1CCN(CC/C=C2\c3ccccc3Sc3cc(I)ccc32)CC1. The van der Waals surface area contributed by atoms with Crippen LogP contribution in [0.4, 0.5) is 0 Å². The lowest BCUT2D eigenvalue weighted by Crippen LogP contribution is -2.47. The Hall–Kier alpha value is -0.860. The summed E-state index contributed by atoms with van der Waals surface area (Å²) in [5, 5.41) is 9.08. The van der Waals surface area contributed by atoms with E-state index in [1.807, 2.05) is 11.8 Å². The zero-order chi connectivity index (χ0) is 18.6. The van der Waals surface area contributed by atoms with Gasteiger partial charge in [0.1, 0.15) is 0 Å².